The van der Waals surface area contributed by atoms with E-state index in [1.165, 1.54) is 5.69 Å². The van der Waals surface area contributed by atoms with Crippen LogP contribution in [0.3, 0.4) is 0 Å². The van der Waals surface area contributed by atoms with Gasteiger partial charge in [0.25, 0.3) is 0 Å². The number of nitrogens with zero attached hydrogens (tertiary/aromatic N) is 7. The van der Waals surface area contributed by atoms with E-state index in [9.17, 15) is 0 Å². The Labute approximate surface area is 198 Å². The van der Waals surface area contributed by atoms with Crippen molar-refractivity contribution in [2.24, 2.45) is 0 Å². The van der Waals surface area contributed by atoms with E-state index in [-0.39, 0.29) is 0 Å². The van der Waals surface area contributed by atoms with E-state index >= 15 is 0 Å². The lowest BCUT2D eigenvalue weighted by molar-refractivity contribution is 0.313. The molecule has 0 aliphatic carbocycles. The predicted molar refractivity (Wildman–Crippen MR) is 135 cm³/mol. The quantitative estimate of drug-likeness (QED) is 0.487. The van der Waals surface area contributed by atoms with Crippen molar-refractivity contribution in [2.75, 3.05) is 55.3 Å². The number of hydrogen-bond donors (Lipinski definition) is 2. The smallest absolute Gasteiger partial charge is 0.229 e. The Hall–Kier alpha value is -3.98. The maximum Gasteiger partial charge on any atom is 0.229 e. The van der Waals surface area contributed by atoms with Crippen molar-refractivity contribution in [3.63, 3.8) is 0 Å². The minimum Gasteiger partial charge on any atom is -0.369 e. The average Bonchev–Trinajstić information content (AvgIpc) is 3.23. The van der Waals surface area contributed by atoms with Crippen molar-refractivity contribution in [1.82, 2.24) is 29.5 Å². The SMILES string of the molecule is Cc1cn2nc(C3=CCNc4nc(Nc5cccc(N6CCN(C)CC6)c5)ncc43)ccc2n1. The number of aromatic nitrogens is 5. The van der Waals surface area contributed by atoms with Crippen molar-refractivity contribution in [3.8, 4) is 0 Å². The van der Waals surface area contributed by atoms with Crippen LogP contribution in [0.4, 0.5) is 23.1 Å². The summed E-state index contributed by atoms with van der Waals surface area (Å²) in [5.41, 5.74) is 6.81. The van der Waals surface area contributed by atoms with E-state index < -0.39 is 0 Å². The van der Waals surface area contributed by atoms with Crippen molar-refractivity contribution in [3.05, 3.63) is 71.8 Å². The molecule has 2 aliphatic heterocycles. The molecule has 2 aliphatic rings. The van der Waals surface area contributed by atoms with E-state index in [2.05, 4.69) is 61.7 Å². The van der Waals surface area contributed by atoms with Crippen LogP contribution in [0.1, 0.15) is 17.0 Å². The molecule has 5 heterocycles. The summed E-state index contributed by atoms with van der Waals surface area (Å²) in [7, 11) is 2.17. The Kier molecular flexibility index (Phi) is 5.10. The maximum absolute atomic E-state index is 4.76. The summed E-state index contributed by atoms with van der Waals surface area (Å²) >= 11 is 0. The van der Waals surface area contributed by atoms with Crippen LogP contribution in [0.2, 0.25) is 0 Å². The van der Waals surface area contributed by atoms with Gasteiger partial charge in [0.1, 0.15) is 5.82 Å². The van der Waals surface area contributed by atoms with E-state index in [0.29, 0.717) is 12.5 Å². The second-order valence-electron chi connectivity index (χ2n) is 8.82. The summed E-state index contributed by atoms with van der Waals surface area (Å²) in [6.45, 7) is 6.88. The molecule has 0 radical (unpaired) electrons. The number of nitrogens with one attached hydrogen (secondary N) is 2. The minimum absolute atomic E-state index is 0.566. The second-order valence-corrected chi connectivity index (χ2v) is 8.82. The van der Waals surface area contributed by atoms with Crippen molar-refractivity contribution >= 4 is 34.4 Å². The van der Waals surface area contributed by atoms with Gasteiger partial charge in [-0.15, -0.1) is 0 Å². The third-order valence-corrected chi connectivity index (χ3v) is 6.34. The molecule has 172 valence electrons. The number of benzene rings is 1. The number of rotatable bonds is 4. The van der Waals surface area contributed by atoms with Crippen molar-refractivity contribution < 1.29 is 0 Å². The molecule has 1 aromatic carbocycles. The van der Waals surface area contributed by atoms with Gasteiger partial charge in [0, 0.05) is 61.4 Å². The third kappa shape index (κ3) is 3.94. The number of aryl methyl sites for hydroxylation is 1. The third-order valence-electron chi connectivity index (χ3n) is 6.34. The van der Waals surface area contributed by atoms with Crippen molar-refractivity contribution in [1.29, 1.82) is 0 Å². The van der Waals surface area contributed by atoms with Gasteiger partial charge >= 0.3 is 0 Å². The zero-order valence-corrected chi connectivity index (χ0v) is 19.4. The summed E-state index contributed by atoms with van der Waals surface area (Å²) in [5.74, 6) is 1.37. The molecule has 3 aromatic heterocycles. The fraction of sp³-hybridized carbons (Fsp3) is 0.280. The maximum atomic E-state index is 4.76. The highest BCUT2D eigenvalue weighted by Gasteiger charge is 2.19. The number of fused-ring (bicyclic) bond motifs is 2. The number of likely N-dealkylation sites (N-methyl/N-ethyl adjacent to an activating group) is 1. The second kappa shape index (κ2) is 8.42. The van der Waals surface area contributed by atoms with Crippen LogP contribution in [0.5, 0.6) is 0 Å². The first-order valence-corrected chi connectivity index (χ1v) is 11.6. The van der Waals surface area contributed by atoms with Crippen LogP contribution in [0, 0.1) is 6.92 Å². The Morgan fingerprint density at radius 3 is 2.79 bits per heavy atom. The van der Waals surface area contributed by atoms with Gasteiger partial charge in [-0.25, -0.2) is 14.5 Å². The monoisotopic (exact) mass is 453 g/mol. The zero-order chi connectivity index (χ0) is 23.1. The fourth-order valence-electron chi connectivity index (χ4n) is 4.49. The molecular weight excluding hydrogens is 426 g/mol. The molecule has 1 saturated heterocycles. The van der Waals surface area contributed by atoms with Gasteiger partial charge in [0.15, 0.2) is 5.65 Å². The first-order valence-electron chi connectivity index (χ1n) is 11.6. The van der Waals surface area contributed by atoms with E-state index in [0.717, 1.165) is 65.9 Å². The standard InChI is InChI=1S/C25H27N9/c1-17-16-34-23(28-17)7-6-22(31-34)20-8-9-26-24-21(20)15-27-25(30-24)29-18-4-3-5-19(14-18)33-12-10-32(2)11-13-33/h3-8,14-16H,9-13H2,1-2H3,(H2,26,27,29,30). The van der Waals surface area contributed by atoms with Crippen LogP contribution >= 0.6 is 0 Å². The van der Waals surface area contributed by atoms with Gasteiger partial charge in [-0.3, -0.25) is 0 Å². The minimum atomic E-state index is 0.566. The van der Waals surface area contributed by atoms with E-state index in [1.807, 2.05) is 42.0 Å². The molecule has 0 atom stereocenters. The summed E-state index contributed by atoms with van der Waals surface area (Å²) < 4.78 is 1.82. The first-order chi connectivity index (χ1) is 16.6. The fourth-order valence-corrected chi connectivity index (χ4v) is 4.49. The molecule has 0 amide bonds. The molecule has 2 N–H and O–H groups in total. The molecule has 9 heteroatoms. The highest BCUT2D eigenvalue weighted by atomic mass is 15.3. The molecular formula is C25H27N9. The van der Waals surface area contributed by atoms with Gasteiger partial charge in [0.2, 0.25) is 5.95 Å². The Morgan fingerprint density at radius 1 is 1.03 bits per heavy atom. The molecule has 0 saturated carbocycles. The van der Waals surface area contributed by atoms with Crippen LogP contribution in [-0.2, 0) is 0 Å². The molecule has 4 aromatic rings. The lowest BCUT2D eigenvalue weighted by Crippen LogP contribution is -2.44. The first kappa shape index (κ1) is 20.6. The average molecular weight is 454 g/mol. The lowest BCUT2D eigenvalue weighted by atomic mass is 10.0. The molecule has 6 rings (SSSR count). The number of anilines is 4. The topological polar surface area (TPSA) is 86.5 Å². The van der Waals surface area contributed by atoms with Gasteiger partial charge < -0.3 is 20.4 Å². The molecule has 34 heavy (non-hydrogen) atoms. The van der Waals surface area contributed by atoms with Gasteiger partial charge in [-0.1, -0.05) is 12.1 Å². The Bertz CT molecular complexity index is 1380. The summed E-state index contributed by atoms with van der Waals surface area (Å²) in [5, 5.41) is 11.5. The van der Waals surface area contributed by atoms with Crippen LogP contribution in [-0.4, -0.2) is 69.2 Å². The van der Waals surface area contributed by atoms with Crippen LogP contribution in [0.15, 0.2) is 54.9 Å². The molecule has 0 unspecified atom stereocenters. The normalized spacial score (nSPS) is 16.2. The van der Waals surface area contributed by atoms with Crippen LogP contribution < -0.4 is 15.5 Å². The van der Waals surface area contributed by atoms with Gasteiger partial charge in [0.05, 0.1) is 17.6 Å². The predicted octanol–water partition coefficient (Wildman–Crippen LogP) is 3.18. The van der Waals surface area contributed by atoms with Crippen LogP contribution in [0.25, 0.3) is 11.2 Å². The largest absolute Gasteiger partial charge is 0.369 e. The molecule has 1 fully saturated rings. The number of imidazole rings is 1. The molecule has 0 spiro atoms. The summed E-state index contributed by atoms with van der Waals surface area (Å²) in [6, 6.07) is 12.4. The Balaban J connectivity index is 1.24. The highest BCUT2D eigenvalue weighted by molar-refractivity contribution is 5.86. The summed E-state index contributed by atoms with van der Waals surface area (Å²) in [6.07, 6.45) is 5.91. The Morgan fingerprint density at radius 2 is 1.91 bits per heavy atom. The summed E-state index contributed by atoms with van der Waals surface area (Å²) in [4.78, 5) is 18.6. The number of piperazine rings is 1. The number of hydrogen-bond acceptors (Lipinski definition) is 8. The van der Waals surface area contributed by atoms with Crippen molar-refractivity contribution in [2.45, 2.75) is 6.92 Å². The van der Waals surface area contributed by atoms with Gasteiger partial charge in [-0.05, 0) is 44.3 Å². The zero-order valence-electron chi connectivity index (χ0n) is 19.4. The van der Waals surface area contributed by atoms with E-state index in [1.54, 1.807) is 0 Å². The van der Waals surface area contributed by atoms with Gasteiger partial charge in [-0.2, -0.15) is 10.1 Å². The van der Waals surface area contributed by atoms with E-state index in [4.69, 9.17) is 10.1 Å². The molecule has 9 nitrogen and oxygen atoms in total. The molecule has 0 bridgehead atoms. The lowest BCUT2D eigenvalue weighted by Gasteiger charge is -2.34. The highest BCUT2D eigenvalue weighted by Crippen LogP contribution is 2.31.